The maximum Gasteiger partial charge on any atom is 0.124 e. The first-order chi connectivity index (χ1) is 8.70. The molecule has 1 fully saturated rings. The standard InChI is InChI=1S/C14H20ClFN2/c15-14-9-12(16)6-5-11(14)10-18(8-7-17)13-3-1-2-4-13/h5-6,9,13H,1-4,7-8,10,17H2. The molecule has 1 aromatic rings. The molecule has 0 unspecified atom stereocenters. The van der Waals surface area contributed by atoms with Crippen molar-refractivity contribution in [2.45, 2.75) is 38.3 Å². The van der Waals surface area contributed by atoms with Gasteiger partial charge in [-0.15, -0.1) is 0 Å². The van der Waals surface area contributed by atoms with Crippen molar-refractivity contribution in [1.29, 1.82) is 0 Å². The van der Waals surface area contributed by atoms with Crippen LogP contribution in [0.3, 0.4) is 0 Å². The van der Waals surface area contributed by atoms with E-state index in [0.717, 1.165) is 18.7 Å². The van der Waals surface area contributed by atoms with Crippen LogP contribution in [0, 0.1) is 5.82 Å². The zero-order chi connectivity index (χ0) is 13.0. The van der Waals surface area contributed by atoms with Gasteiger partial charge in [0.2, 0.25) is 0 Å². The lowest BCUT2D eigenvalue weighted by molar-refractivity contribution is 0.195. The molecule has 1 aliphatic rings. The van der Waals surface area contributed by atoms with Crippen molar-refractivity contribution in [1.82, 2.24) is 4.90 Å². The molecule has 0 aliphatic heterocycles. The highest BCUT2D eigenvalue weighted by molar-refractivity contribution is 6.31. The number of nitrogens with two attached hydrogens (primary N) is 1. The normalized spacial score (nSPS) is 16.7. The van der Waals surface area contributed by atoms with Crippen LogP contribution < -0.4 is 5.73 Å². The highest BCUT2D eigenvalue weighted by Crippen LogP contribution is 2.26. The molecule has 0 heterocycles. The van der Waals surface area contributed by atoms with E-state index >= 15 is 0 Å². The Morgan fingerprint density at radius 1 is 1.33 bits per heavy atom. The lowest BCUT2D eigenvalue weighted by Crippen LogP contribution is -2.36. The van der Waals surface area contributed by atoms with Gasteiger partial charge in [-0.3, -0.25) is 4.90 Å². The number of hydrogen-bond donors (Lipinski definition) is 1. The second kappa shape index (κ2) is 6.50. The maximum atomic E-state index is 13.0. The summed E-state index contributed by atoms with van der Waals surface area (Å²) in [5.74, 6) is -0.282. The second-order valence-corrected chi connectivity index (χ2v) is 5.34. The Kier molecular flexibility index (Phi) is 4.98. The highest BCUT2D eigenvalue weighted by atomic mass is 35.5. The minimum Gasteiger partial charge on any atom is -0.329 e. The largest absolute Gasteiger partial charge is 0.329 e. The van der Waals surface area contributed by atoms with Crippen molar-refractivity contribution in [2.24, 2.45) is 5.73 Å². The van der Waals surface area contributed by atoms with E-state index in [4.69, 9.17) is 17.3 Å². The molecule has 2 nitrogen and oxygen atoms in total. The van der Waals surface area contributed by atoms with Gasteiger partial charge < -0.3 is 5.73 Å². The van der Waals surface area contributed by atoms with Gasteiger partial charge in [0.05, 0.1) is 0 Å². The fourth-order valence-electron chi connectivity index (χ4n) is 2.69. The first-order valence-electron chi connectivity index (χ1n) is 6.58. The number of halogens is 2. The topological polar surface area (TPSA) is 29.3 Å². The van der Waals surface area contributed by atoms with E-state index in [1.54, 1.807) is 6.07 Å². The van der Waals surface area contributed by atoms with Crippen molar-refractivity contribution in [2.75, 3.05) is 13.1 Å². The molecule has 0 spiro atoms. The van der Waals surface area contributed by atoms with Crippen molar-refractivity contribution in [3.63, 3.8) is 0 Å². The average molecular weight is 271 g/mol. The molecule has 2 rings (SSSR count). The van der Waals surface area contributed by atoms with Crippen LogP contribution in [-0.4, -0.2) is 24.0 Å². The quantitative estimate of drug-likeness (QED) is 0.890. The van der Waals surface area contributed by atoms with Crippen LogP contribution in [0.15, 0.2) is 18.2 Å². The van der Waals surface area contributed by atoms with E-state index in [1.807, 2.05) is 0 Å². The van der Waals surface area contributed by atoms with E-state index in [1.165, 1.54) is 37.8 Å². The van der Waals surface area contributed by atoms with Crippen LogP contribution in [0.25, 0.3) is 0 Å². The molecule has 1 aromatic carbocycles. The Bertz CT molecular complexity index is 391. The molecular weight excluding hydrogens is 251 g/mol. The first kappa shape index (κ1) is 13.8. The molecule has 0 amide bonds. The minimum absolute atomic E-state index is 0.282. The van der Waals surface area contributed by atoms with E-state index in [0.29, 0.717) is 17.6 Å². The van der Waals surface area contributed by atoms with Crippen molar-refractivity contribution >= 4 is 11.6 Å². The van der Waals surface area contributed by atoms with Gasteiger partial charge in [-0.2, -0.15) is 0 Å². The second-order valence-electron chi connectivity index (χ2n) is 4.93. The molecular formula is C14H20ClFN2. The predicted molar refractivity (Wildman–Crippen MR) is 73.1 cm³/mol. The van der Waals surface area contributed by atoms with Crippen LogP contribution >= 0.6 is 11.6 Å². The summed E-state index contributed by atoms with van der Waals surface area (Å²) in [6, 6.07) is 5.23. The summed E-state index contributed by atoms with van der Waals surface area (Å²) >= 11 is 6.08. The summed E-state index contributed by atoms with van der Waals surface area (Å²) in [6.45, 7) is 2.29. The molecule has 0 atom stereocenters. The Balaban J connectivity index is 2.07. The van der Waals surface area contributed by atoms with Crippen LogP contribution in [0.1, 0.15) is 31.2 Å². The van der Waals surface area contributed by atoms with Crippen molar-refractivity contribution in [3.8, 4) is 0 Å². The summed E-state index contributed by atoms with van der Waals surface area (Å²) in [5.41, 5.74) is 6.66. The number of rotatable bonds is 5. The molecule has 2 N–H and O–H groups in total. The molecule has 0 bridgehead atoms. The molecule has 0 radical (unpaired) electrons. The SMILES string of the molecule is NCCN(Cc1ccc(F)cc1Cl)C1CCCC1. The van der Waals surface area contributed by atoms with E-state index in [2.05, 4.69) is 4.90 Å². The Morgan fingerprint density at radius 2 is 2.06 bits per heavy atom. The van der Waals surface area contributed by atoms with Gasteiger partial charge in [-0.1, -0.05) is 30.5 Å². The van der Waals surface area contributed by atoms with Crippen molar-refractivity contribution in [3.05, 3.63) is 34.6 Å². The molecule has 100 valence electrons. The molecule has 0 aromatic heterocycles. The number of hydrogen-bond acceptors (Lipinski definition) is 2. The molecule has 4 heteroatoms. The Hall–Kier alpha value is -0.640. The van der Waals surface area contributed by atoms with Gasteiger partial charge >= 0.3 is 0 Å². The fraction of sp³-hybridized carbons (Fsp3) is 0.571. The number of nitrogens with zero attached hydrogens (tertiary/aromatic N) is 1. The minimum atomic E-state index is -0.282. The maximum absolute atomic E-state index is 13.0. The Morgan fingerprint density at radius 3 is 2.67 bits per heavy atom. The van der Waals surface area contributed by atoms with Crippen LogP contribution in [0.5, 0.6) is 0 Å². The lowest BCUT2D eigenvalue weighted by Gasteiger charge is -2.28. The fourth-order valence-corrected chi connectivity index (χ4v) is 2.92. The first-order valence-corrected chi connectivity index (χ1v) is 6.96. The van der Waals surface area contributed by atoms with Crippen LogP contribution in [-0.2, 0) is 6.54 Å². The molecule has 1 saturated carbocycles. The van der Waals surface area contributed by atoms with E-state index < -0.39 is 0 Å². The van der Waals surface area contributed by atoms with E-state index in [9.17, 15) is 4.39 Å². The summed E-state index contributed by atoms with van der Waals surface area (Å²) in [6.07, 6.45) is 5.06. The van der Waals surface area contributed by atoms with Crippen LogP contribution in [0.4, 0.5) is 4.39 Å². The Labute approximate surface area is 113 Å². The third-order valence-corrected chi connectivity index (χ3v) is 4.00. The summed E-state index contributed by atoms with van der Waals surface area (Å²) in [4.78, 5) is 2.38. The smallest absolute Gasteiger partial charge is 0.124 e. The number of benzene rings is 1. The summed E-state index contributed by atoms with van der Waals surface area (Å²) in [7, 11) is 0. The lowest BCUT2D eigenvalue weighted by atomic mass is 10.1. The van der Waals surface area contributed by atoms with Crippen molar-refractivity contribution < 1.29 is 4.39 Å². The zero-order valence-corrected chi connectivity index (χ0v) is 11.3. The third-order valence-electron chi connectivity index (χ3n) is 3.65. The average Bonchev–Trinajstić information content (AvgIpc) is 2.85. The van der Waals surface area contributed by atoms with Crippen LogP contribution in [0.2, 0.25) is 5.02 Å². The van der Waals surface area contributed by atoms with Gasteiger partial charge in [0.15, 0.2) is 0 Å². The van der Waals surface area contributed by atoms with Gasteiger partial charge in [0, 0.05) is 30.7 Å². The third kappa shape index (κ3) is 3.44. The summed E-state index contributed by atoms with van der Waals surface area (Å²) < 4.78 is 13.0. The monoisotopic (exact) mass is 270 g/mol. The van der Waals surface area contributed by atoms with Gasteiger partial charge in [-0.25, -0.2) is 4.39 Å². The van der Waals surface area contributed by atoms with Gasteiger partial charge in [0.1, 0.15) is 5.82 Å². The molecule has 18 heavy (non-hydrogen) atoms. The van der Waals surface area contributed by atoms with Gasteiger partial charge in [0.25, 0.3) is 0 Å². The predicted octanol–water partition coefficient (Wildman–Crippen LogP) is 3.18. The summed E-state index contributed by atoms with van der Waals surface area (Å²) in [5, 5.41) is 0.509. The zero-order valence-electron chi connectivity index (χ0n) is 10.5. The molecule has 1 aliphatic carbocycles. The highest BCUT2D eigenvalue weighted by Gasteiger charge is 2.22. The van der Waals surface area contributed by atoms with E-state index in [-0.39, 0.29) is 5.82 Å². The molecule has 0 saturated heterocycles. The van der Waals surface area contributed by atoms with Gasteiger partial charge in [-0.05, 0) is 30.5 Å².